The summed E-state index contributed by atoms with van der Waals surface area (Å²) < 4.78 is 31.0. The van der Waals surface area contributed by atoms with E-state index in [0.717, 1.165) is 26.2 Å². The molecule has 3 N–H and O–H groups in total. The van der Waals surface area contributed by atoms with Crippen LogP contribution >= 0.6 is 0 Å². The molecule has 0 radical (unpaired) electrons. The Hall–Kier alpha value is -0.250. The molecule has 0 aliphatic carbocycles. The second-order valence-corrected chi connectivity index (χ2v) is 6.38. The minimum atomic E-state index is -3.95. The number of hydrogen-bond acceptors (Lipinski definition) is 5. The van der Waals surface area contributed by atoms with Crippen LogP contribution in [0.3, 0.4) is 0 Å². The molecule has 8 heteroatoms. The number of piperazine rings is 1. The lowest BCUT2D eigenvalue weighted by molar-refractivity contribution is -0.930. The third kappa shape index (κ3) is 5.17. The molecule has 0 spiro atoms. The highest BCUT2D eigenvalue weighted by Crippen LogP contribution is 2.13. The van der Waals surface area contributed by atoms with E-state index < -0.39 is 10.1 Å². The van der Waals surface area contributed by atoms with Crippen molar-refractivity contribution in [2.75, 3.05) is 64.8 Å². The fourth-order valence-electron chi connectivity index (χ4n) is 2.38. The Bertz CT molecular complexity index is 338. The summed E-state index contributed by atoms with van der Waals surface area (Å²) in [6.07, 6.45) is 0. The van der Waals surface area contributed by atoms with Crippen LogP contribution < -0.4 is 0 Å². The summed E-state index contributed by atoms with van der Waals surface area (Å²) in [6, 6.07) is 0. The summed E-state index contributed by atoms with van der Waals surface area (Å²) in [5.41, 5.74) is 0. The van der Waals surface area contributed by atoms with Gasteiger partial charge < -0.3 is 14.7 Å². The monoisotopic (exact) mass is 283 g/mol. The number of β-amino-alcohol motifs (C(OH)–C–C–N with tert-alkyl or cyclic N) is 1. The number of hydrogen-bond donors (Lipinski definition) is 3. The van der Waals surface area contributed by atoms with Gasteiger partial charge in [-0.3, -0.25) is 9.45 Å². The fourth-order valence-corrected chi connectivity index (χ4v) is 2.99. The van der Waals surface area contributed by atoms with Crippen molar-refractivity contribution in [1.82, 2.24) is 4.90 Å². The first-order chi connectivity index (χ1) is 8.41. The van der Waals surface area contributed by atoms with Gasteiger partial charge in [-0.2, -0.15) is 8.42 Å². The first kappa shape index (κ1) is 15.8. The maximum absolute atomic E-state index is 10.8. The zero-order chi connectivity index (χ0) is 13.6. The van der Waals surface area contributed by atoms with Gasteiger partial charge in [0.2, 0.25) is 0 Å². The van der Waals surface area contributed by atoms with Crippen molar-refractivity contribution in [3.63, 3.8) is 0 Å². The summed E-state index contributed by atoms with van der Waals surface area (Å²) in [5, 5.41) is 18.0. The number of rotatable bonds is 7. The van der Waals surface area contributed by atoms with Crippen LogP contribution in [0.2, 0.25) is 0 Å². The van der Waals surface area contributed by atoms with Gasteiger partial charge in [0.05, 0.1) is 32.8 Å². The van der Waals surface area contributed by atoms with Gasteiger partial charge in [0.25, 0.3) is 10.1 Å². The third-order valence-corrected chi connectivity index (χ3v) is 4.29. The van der Waals surface area contributed by atoms with E-state index in [1.807, 2.05) is 0 Å². The van der Waals surface area contributed by atoms with Gasteiger partial charge in [0, 0.05) is 19.6 Å². The Labute approximate surface area is 108 Å². The zero-order valence-corrected chi connectivity index (χ0v) is 11.3. The van der Waals surface area contributed by atoms with Crippen molar-refractivity contribution in [1.29, 1.82) is 0 Å². The molecule has 18 heavy (non-hydrogen) atoms. The zero-order valence-electron chi connectivity index (χ0n) is 10.5. The molecule has 1 aliphatic rings. The Morgan fingerprint density at radius 2 is 1.67 bits per heavy atom. The fraction of sp³-hybridized carbons (Fsp3) is 1.00. The van der Waals surface area contributed by atoms with E-state index in [0.29, 0.717) is 24.1 Å². The van der Waals surface area contributed by atoms with Crippen molar-refractivity contribution in [3.8, 4) is 0 Å². The summed E-state index contributed by atoms with van der Waals surface area (Å²) in [4.78, 5) is 2.11. The molecular formula is C10H23N2O5S+. The molecule has 1 fully saturated rings. The van der Waals surface area contributed by atoms with E-state index in [-0.39, 0.29) is 19.0 Å². The molecule has 108 valence electrons. The molecule has 0 bridgehead atoms. The van der Waals surface area contributed by atoms with E-state index in [1.165, 1.54) is 0 Å². The smallest absolute Gasteiger partial charge is 0.270 e. The molecule has 0 unspecified atom stereocenters. The van der Waals surface area contributed by atoms with Crippen LogP contribution in [0.5, 0.6) is 0 Å². The Balaban J connectivity index is 2.55. The van der Waals surface area contributed by atoms with Crippen LogP contribution in [0.25, 0.3) is 0 Å². The van der Waals surface area contributed by atoms with E-state index in [1.54, 1.807) is 0 Å². The molecule has 1 heterocycles. The van der Waals surface area contributed by atoms with Gasteiger partial charge in [-0.25, -0.2) is 0 Å². The van der Waals surface area contributed by atoms with Gasteiger partial charge >= 0.3 is 0 Å². The quantitative estimate of drug-likeness (QED) is 0.369. The maximum Gasteiger partial charge on any atom is 0.270 e. The minimum Gasteiger partial charge on any atom is -0.395 e. The third-order valence-electron chi connectivity index (χ3n) is 3.60. The predicted molar refractivity (Wildman–Crippen MR) is 66.8 cm³/mol. The predicted octanol–water partition coefficient (Wildman–Crippen LogP) is -2.01. The standard InChI is InChI=1S/C10H22N2O5S/c13-8-3-11-1-4-12(5-2-11,6-9-14)7-10-18(15,16)17/h13-14H,1-10H2/p+1. The van der Waals surface area contributed by atoms with Crippen LogP contribution in [-0.4, -0.2) is 97.3 Å². The minimum absolute atomic E-state index is 0.00543. The van der Waals surface area contributed by atoms with E-state index in [4.69, 9.17) is 14.8 Å². The lowest BCUT2D eigenvalue weighted by Crippen LogP contribution is -2.62. The SMILES string of the molecule is O=S(=O)(O)CC[N+]1(CCO)CCN(CCO)CC1. The highest BCUT2D eigenvalue weighted by molar-refractivity contribution is 7.85. The van der Waals surface area contributed by atoms with Crippen LogP contribution in [-0.2, 0) is 10.1 Å². The van der Waals surface area contributed by atoms with Gasteiger partial charge in [0.1, 0.15) is 12.3 Å². The summed E-state index contributed by atoms with van der Waals surface area (Å²) >= 11 is 0. The maximum atomic E-state index is 10.8. The molecular weight excluding hydrogens is 260 g/mol. The molecule has 0 aromatic heterocycles. The molecule has 0 atom stereocenters. The van der Waals surface area contributed by atoms with Crippen molar-refractivity contribution in [2.45, 2.75) is 0 Å². The summed E-state index contributed by atoms with van der Waals surface area (Å²) in [5.74, 6) is -0.271. The van der Waals surface area contributed by atoms with Crippen LogP contribution in [0, 0.1) is 0 Å². The van der Waals surface area contributed by atoms with Gasteiger partial charge in [-0.05, 0) is 0 Å². The molecule has 7 nitrogen and oxygen atoms in total. The molecule has 0 amide bonds. The topological polar surface area (TPSA) is 98.1 Å². The van der Waals surface area contributed by atoms with Crippen LogP contribution in [0.1, 0.15) is 0 Å². The Kier molecular flexibility index (Phi) is 5.96. The highest BCUT2D eigenvalue weighted by atomic mass is 32.2. The van der Waals surface area contributed by atoms with Crippen molar-refractivity contribution in [3.05, 3.63) is 0 Å². The molecule has 0 saturated carbocycles. The molecule has 1 aliphatic heterocycles. The van der Waals surface area contributed by atoms with Gasteiger partial charge in [-0.1, -0.05) is 0 Å². The van der Waals surface area contributed by atoms with Crippen molar-refractivity contribution in [2.24, 2.45) is 0 Å². The van der Waals surface area contributed by atoms with Crippen molar-refractivity contribution >= 4 is 10.1 Å². The largest absolute Gasteiger partial charge is 0.395 e. The van der Waals surface area contributed by atoms with Gasteiger partial charge in [-0.15, -0.1) is 0 Å². The number of aliphatic hydroxyl groups is 2. The first-order valence-corrected chi connectivity index (χ1v) is 7.76. The molecule has 1 saturated heterocycles. The second-order valence-electron chi connectivity index (χ2n) is 4.81. The molecule has 1 rings (SSSR count). The Morgan fingerprint density at radius 3 is 2.11 bits per heavy atom. The highest BCUT2D eigenvalue weighted by Gasteiger charge is 2.33. The Morgan fingerprint density at radius 1 is 1.06 bits per heavy atom. The molecule has 0 aromatic rings. The average Bonchev–Trinajstić information content (AvgIpc) is 2.30. The summed E-state index contributed by atoms with van der Waals surface area (Å²) in [6.45, 7) is 4.58. The first-order valence-electron chi connectivity index (χ1n) is 6.15. The average molecular weight is 283 g/mol. The summed E-state index contributed by atoms with van der Waals surface area (Å²) in [7, 11) is -3.95. The number of quaternary nitrogens is 1. The van der Waals surface area contributed by atoms with Crippen LogP contribution in [0.4, 0.5) is 0 Å². The second kappa shape index (κ2) is 6.78. The van der Waals surface area contributed by atoms with Gasteiger partial charge in [0.15, 0.2) is 0 Å². The molecule has 0 aromatic carbocycles. The van der Waals surface area contributed by atoms with Crippen LogP contribution in [0.15, 0.2) is 0 Å². The lowest BCUT2D eigenvalue weighted by atomic mass is 10.2. The normalized spacial score (nSPS) is 21.1. The number of nitrogens with zero attached hydrogens (tertiary/aromatic N) is 2. The van der Waals surface area contributed by atoms with E-state index in [2.05, 4.69) is 4.90 Å². The van der Waals surface area contributed by atoms with E-state index in [9.17, 15) is 8.42 Å². The number of aliphatic hydroxyl groups excluding tert-OH is 2. The van der Waals surface area contributed by atoms with Crippen molar-refractivity contribution < 1.29 is 27.7 Å². The van der Waals surface area contributed by atoms with E-state index >= 15 is 0 Å². The lowest BCUT2D eigenvalue weighted by Gasteiger charge is -2.44.